The highest BCUT2D eigenvalue weighted by Crippen LogP contribution is 2.17. The molecule has 0 saturated heterocycles. The molecule has 0 saturated carbocycles. The lowest BCUT2D eigenvalue weighted by Gasteiger charge is -2.01. The molecule has 0 unspecified atom stereocenters. The number of carbonyl (C=O) groups excluding carboxylic acids is 1. The summed E-state index contributed by atoms with van der Waals surface area (Å²) in [6.45, 7) is 6.04. The number of Topliss-reactive ketones (excluding diaryl/α,β-unsaturated/α-hetero) is 1. The van der Waals surface area contributed by atoms with Gasteiger partial charge in [-0.2, -0.15) is 0 Å². The molecular weight excluding hydrogens is 260 g/mol. The highest BCUT2D eigenvalue weighted by molar-refractivity contribution is 5.97. The second-order valence-electron chi connectivity index (χ2n) is 6.12. The number of nitrogens with zero attached hydrogens (tertiary/aromatic N) is 1. The Morgan fingerprint density at radius 2 is 1.95 bits per heavy atom. The van der Waals surface area contributed by atoms with E-state index in [-0.39, 0.29) is 11.7 Å². The first-order valence-electron chi connectivity index (χ1n) is 8.14. The van der Waals surface area contributed by atoms with Crippen molar-refractivity contribution in [1.29, 1.82) is 0 Å². The molecule has 21 heavy (non-hydrogen) atoms. The van der Waals surface area contributed by atoms with E-state index >= 15 is 0 Å². The minimum Gasteiger partial charge on any atom is -0.335 e. The zero-order valence-electron chi connectivity index (χ0n) is 13.4. The third-order valence-electron chi connectivity index (χ3n) is 3.87. The van der Waals surface area contributed by atoms with E-state index < -0.39 is 0 Å². The van der Waals surface area contributed by atoms with E-state index in [9.17, 15) is 4.79 Å². The standard InChI is InChI=1S/C18H26N2O/c1-4-5-6-7-8-9-14-10-11-15-16(12-14)20-18(19-15)17(21)13(2)3/h10-13H,4-9H2,1-3H3,(H,19,20). The van der Waals surface area contributed by atoms with Gasteiger partial charge in [-0.3, -0.25) is 4.79 Å². The molecule has 1 aromatic carbocycles. The average Bonchev–Trinajstić information content (AvgIpc) is 2.89. The maximum Gasteiger partial charge on any atom is 0.200 e. The minimum absolute atomic E-state index is 0.0244. The van der Waals surface area contributed by atoms with Crippen LogP contribution in [0.3, 0.4) is 0 Å². The third-order valence-corrected chi connectivity index (χ3v) is 3.87. The molecule has 0 radical (unpaired) electrons. The van der Waals surface area contributed by atoms with Crippen molar-refractivity contribution in [3.05, 3.63) is 29.6 Å². The first-order valence-corrected chi connectivity index (χ1v) is 8.14. The van der Waals surface area contributed by atoms with Crippen molar-refractivity contribution in [2.75, 3.05) is 0 Å². The number of aromatic amines is 1. The lowest BCUT2D eigenvalue weighted by atomic mass is 10.1. The molecule has 1 heterocycles. The lowest BCUT2D eigenvalue weighted by Crippen LogP contribution is -2.09. The molecule has 0 atom stereocenters. The van der Waals surface area contributed by atoms with E-state index in [0.29, 0.717) is 5.82 Å². The van der Waals surface area contributed by atoms with E-state index in [1.807, 2.05) is 19.9 Å². The Labute approximate surface area is 127 Å². The van der Waals surface area contributed by atoms with Gasteiger partial charge >= 0.3 is 0 Å². The normalized spacial score (nSPS) is 11.4. The molecule has 0 spiro atoms. The van der Waals surface area contributed by atoms with Crippen molar-refractivity contribution in [2.45, 2.75) is 59.3 Å². The maximum absolute atomic E-state index is 12.0. The Morgan fingerprint density at radius 3 is 2.67 bits per heavy atom. The molecule has 0 amide bonds. The molecule has 3 nitrogen and oxygen atoms in total. The van der Waals surface area contributed by atoms with Gasteiger partial charge in [0.15, 0.2) is 5.82 Å². The van der Waals surface area contributed by atoms with Crippen LogP contribution in [0.5, 0.6) is 0 Å². The number of hydrogen-bond acceptors (Lipinski definition) is 2. The van der Waals surface area contributed by atoms with Crippen LogP contribution in [0, 0.1) is 5.92 Å². The fourth-order valence-electron chi connectivity index (χ4n) is 2.54. The van der Waals surface area contributed by atoms with Crippen LogP contribution in [0.1, 0.15) is 69.1 Å². The Hall–Kier alpha value is -1.64. The molecular formula is C18H26N2O. The zero-order chi connectivity index (χ0) is 15.2. The maximum atomic E-state index is 12.0. The van der Waals surface area contributed by atoms with Gasteiger partial charge in [-0.1, -0.05) is 52.5 Å². The quantitative estimate of drug-likeness (QED) is 0.553. The van der Waals surface area contributed by atoms with Crippen LogP contribution in [0.4, 0.5) is 0 Å². The zero-order valence-corrected chi connectivity index (χ0v) is 13.4. The smallest absolute Gasteiger partial charge is 0.200 e. The van der Waals surface area contributed by atoms with Gasteiger partial charge in [-0.25, -0.2) is 4.98 Å². The molecule has 2 rings (SSSR count). The number of aromatic nitrogens is 2. The fraction of sp³-hybridized carbons (Fsp3) is 0.556. The number of nitrogens with one attached hydrogen (secondary N) is 1. The summed E-state index contributed by atoms with van der Waals surface area (Å²) in [5.74, 6) is 0.538. The monoisotopic (exact) mass is 286 g/mol. The third kappa shape index (κ3) is 4.16. The van der Waals surface area contributed by atoms with Crippen LogP contribution in [-0.2, 0) is 6.42 Å². The second kappa shape index (κ2) is 7.39. The number of H-pyrrole nitrogens is 1. The Morgan fingerprint density at radius 1 is 1.19 bits per heavy atom. The van der Waals surface area contributed by atoms with Crippen LogP contribution in [-0.4, -0.2) is 15.8 Å². The summed E-state index contributed by atoms with van der Waals surface area (Å²) >= 11 is 0. The van der Waals surface area contributed by atoms with Crippen LogP contribution in [0.25, 0.3) is 11.0 Å². The summed E-state index contributed by atoms with van der Waals surface area (Å²) in [5.41, 5.74) is 3.19. The lowest BCUT2D eigenvalue weighted by molar-refractivity contribution is 0.0930. The average molecular weight is 286 g/mol. The van der Waals surface area contributed by atoms with E-state index in [1.165, 1.54) is 37.7 Å². The summed E-state index contributed by atoms with van der Waals surface area (Å²) in [5, 5.41) is 0. The number of aryl methyl sites for hydroxylation is 1. The van der Waals surface area contributed by atoms with Gasteiger partial charge in [0, 0.05) is 5.92 Å². The van der Waals surface area contributed by atoms with Gasteiger partial charge < -0.3 is 4.98 Å². The number of unbranched alkanes of at least 4 members (excludes halogenated alkanes) is 4. The SMILES string of the molecule is CCCCCCCc1ccc2nc(C(=O)C(C)C)[nH]c2c1. The Balaban J connectivity index is 2.02. The van der Waals surface area contributed by atoms with Crippen LogP contribution >= 0.6 is 0 Å². The topological polar surface area (TPSA) is 45.8 Å². The van der Waals surface area contributed by atoms with Gasteiger partial charge in [0.1, 0.15) is 0 Å². The van der Waals surface area contributed by atoms with Crippen molar-refractivity contribution < 1.29 is 4.79 Å². The number of imidazole rings is 1. The van der Waals surface area contributed by atoms with Crippen molar-refractivity contribution in [3.63, 3.8) is 0 Å². The molecule has 0 aliphatic carbocycles. The first kappa shape index (κ1) is 15.7. The van der Waals surface area contributed by atoms with Crippen LogP contribution in [0.2, 0.25) is 0 Å². The number of ketones is 1. The molecule has 0 aliphatic rings. The molecule has 1 aromatic heterocycles. The first-order chi connectivity index (χ1) is 10.1. The summed E-state index contributed by atoms with van der Waals surface area (Å²) in [6.07, 6.45) is 7.58. The number of carbonyl (C=O) groups is 1. The fourth-order valence-corrected chi connectivity index (χ4v) is 2.54. The number of fused-ring (bicyclic) bond motifs is 1. The molecule has 114 valence electrons. The number of rotatable bonds is 8. The van der Waals surface area contributed by atoms with Gasteiger partial charge in [-0.05, 0) is 30.5 Å². The molecule has 3 heteroatoms. The highest BCUT2D eigenvalue weighted by atomic mass is 16.1. The summed E-state index contributed by atoms with van der Waals surface area (Å²) in [4.78, 5) is 19.5. The van der Waals surface area contributed by atoms with Crippen molar-refractivity contribution in [1.82, 2.24) is 9.97 Å². The van der Waals surface area contributed by atoms with Gasteiger partial charge in [0.25, 0.3) is 0 Å². The Kier molecular flexibility index (Phi) is 5.54. The number of benzene rings is 1. The summed E-state index contributed by atoms with van der Waals surface area (Å²) in [7, 11) is 0. The molecule has 0 aliphatic heterocycles. The highest BCUT2D eigenvalue weighted by Gasteiger charge is 2.14. The predicted octanol–water partition coefficient (Wildman–Crippen LogP) is 4.91. The van der Waals surface area contributed by atoms with E-state index in [2.05, 4.69) is 29.0 Å². The largest absolute Gasteiger partial charge is 0.335 e. The van der Waals surface area contributed by atoms with E-state index in [4.69, 9.17) is 0 Å². The van der Waals surface area contributed by atoms with E-state index in [0.717, 1.165) is 17.5 Å². The van der Waals surface area contributed by atoms with E-state index in [1.54, 1.807) is 0 Å². The van der Waals surface area contributed by atoms with Crippen molar-refractivity contribution >= 4 is 16.8 Å². The molecule has 2 aromatic rings. The van der Waals surface area contributed by atoms with Crippen molar-refractivity contribution in [2.24, 2.45) is 5.92 Å². The van der Waals surface area contributed by atoms with Gasteiger partial charge in [-0.15, -0.1) is 0 Å². The molecule has 1 N–H and O–H groups in total. The number of hydrogen-bond donors (Lipinski definition) is 1. The van der Waals surface area contributed by atoms with Gasteiger partial charge in [0.2, 0.25) is 5.78 Å². The van der Waals surface area contributed by atoms with Crippen LogP contribution in [0.15, 0.2) is 18.2 Å². The van der Waals surface area contributed by atoms with Crippen LogP contribution < -0.4 is 0 Å². The second-order valence-corrected chi connectivity index (χ2v) is 6.12. The molecule has 0 fully saturated rings. The summed E-state index contributed by atoms with van der Waals surface area (Å²) in [6, 6.07) is 6.29. The summed E-state index contributed by atoms with van der Waals surface area (Å²) < 4.78 is 0. The molecule has 0 bridgehead atoms. The van der Waals surface area contributed by atoms with Gasteiger partial charge in [0.05, 0.1) is 11.0 Å². The minimum atomic E-state index is -0.0244. The Bertz CT molecular complexity index is 598. The predicted molar refractivity (Wildman–Crippen MR) is 87.7 cm³/mol. The van der Waals surface area contributed by atoms with Crippen molar-refractivity contribution in [3.8, 4) is 0 Å².